The molecule has 1 aromatic carbocycles. The van der Waals surface area contributed by atoms with Gasteiger partial charge in [0, 0.05) is 11.8 Å². The van der Waals surface area contributed by atoms with E-state index in [1.165, 1.54) is 6.21 Å². The second-order valence-corrected chi connectivity index (χ2v) is 2.74. The number of nitrogens with zero attached hydrogens (tertiary/aromatic N) is 2. The molecular weight excluding hydrogens is 176 g/mol. The molecule has 1 aromatic heterocycles. The maximum atomic E-state index is 7.05. The second kappa shape index (κ2) is 2.57. The fourth-order valence-electron chi connectivity index (χ4n) is 0.990. The number of benzene rings is 1. The zero-order valence-corrected chi connectivity index (χ0v) is 6.76. The number of rotatable bonds is 1. The molecule has 0 spiro atoms. The first kappa shape index (κ1) is 7.24. The molecule has 0 radical (unpaired) electrons. The first-order valence-electron chi connectivity index (χ1n) is 3.32. The van der Waals surface area contributed by atoms with E-state index in [9.17, 15) is 0 Å². The van der Waals surface area contributed by atoms with Gasteiger partial charge in [-0.25, -0.2) is 0 Å². The standard InChI is InChI=1S/C7H5ClN4/c8-5-2-7-6(10-12-11-7)1-4(5)3-9/h1-3,9H,(H,10,11,12). The molecule has 2 rings (SSSR count). The summed E-state index contributed by atoms with van der Waals surface area (Å²) in [4.78, 5) is 0. The van der Waals surface area contributed by atoms with Crippen LogP contribution in [0.3, 0.4) is 0 Å². The smallest absolute Gasteiger partial charge is 0.114 e. The fourth-order valence-corrected chi connectivity index (χ4v) is 1.20. The topological polar surface area (TPSA) is 65.4 Å². The summed E-state index contributed by atoms with van der Waals surface area (Å²) in [6.07, 6.45) is 1.19. The molecule has 1 heterocycles. The number of aromatic amines is 1. The van der Waals surface area contributed by atoms with E-state index in [1.807, 2.05) is 0 Å². The molecule has 5 heteroatoms. The summed E-state index contributed by atoms with van der Waals surface area (Å²) < 4.78 is 0. The summed E-state index contributed by atoms with van der Waals surface area (Å²) in [6.45, 7) is 0. The molecule has 0 aliphatic carbocycles. The maximum Gasteiger partial charge on any atom is 0.114 e. The Balaban J connectivity index is 2.81. The molecular formula is C7H5ClN4. The van der Waals surface area contributed by atoms with Crippen molar-refractivity contribution in [2.24, 2.45) is 0 Å². The lowest BCUT2D eigenvalue weighted by Crippen LogP contribution is -1.81. The summed E-state index contributed by atoms with van der Waals surface area (Å²) in [5.74, 6) is 0. The van der Waals surface area contributed by atoms with Crippen molar-refractivity contribution in [3.63, 3.8) is 0 Å². The number of nitrogens with one attached hydrogen (secondary N) is 2. The van der Waals surface area contributed by atoms with Crippen LogP contribution in [0, 0.1) is 5.41 Å². The number of H-pyrrole nitrogens is 1. The van der Waals surface area contributed by atoms with E-state index in [1.54, 1.807) is 12.1 Å². The van der Waals surface area contributed by atoms with Crippen molar-refractivity contribution in [3.8, 4) is 0 Å². The highest BCUT2D eigenvalue weighted by Gasteiger charge is 2.02. The summed E-state index contributed by atoms with van der Waals surface area (Å²) in [5.41, 5.74) is 2.08. The number of halogens is 1. The average Bonchev–Trinajstić information content (AvgIpc) is 2.49. The van der Waals surface area contributed by atoms with Crippen molar-refractivity contribution in [1.29, 1.82) is 5.41 Å². The molecule has 0 unspecified atom stereocenters. The Labute approximate surface area is 73.1 Å². The van der Waals surface area contributed by atoms with Crippen molar-refractivity contribution in [3.05, 3.63) is 22.7 Å². The van der Waals surface area contributed by atoms with Gasteiger partial charge in [-0.05, 0) is 12.1 Å². The van der Waals surface area contributed by atoms with Crippen molar-refractivity contribution in [1.82, 2.24) is 15.4 Å². The molecule has 60 valence electrons. The maximum absolute atomic E-state index is 7.05. The molecule has 0 aliphatic rings. The summed E-state index contributed by atoms with van der Waals surface area (Å²) >= 11 is 5.83. The predicted octanol–water partition coefficient (Wildman–Crippen LogP) is 1.61. The minimum absolute atomic E-state index is 0.520. The van der Waals surface area contributed by atoms with Crippen LogP contribution in [0.5, 0.6) is 0 Å². The van der Waals surface area contributed by atoms with Crippen LogP contribution >= 0.6 is 11.6 Å². The fraction of sp³-hybridized carbons (Fsp3) is 0. The largest absolute Gasteiger partial charge is 0.308 e. The molecule has 0 atom stereocenters. The van der Waals surface area contributed by atoms with Gasteiger partial charge in [0.2, 0.25) is 0 Å². The van der Waals surface area contributed by atoms with E-state index < -0.39 is 0 Å². The lowest BCUT2D eigenvalue weighted by molar-refractivity contribution is 0.959. The van der Waals surface area contributed by atoms with Crippen LogP contribution < -0.4 is 0 Å². The lowest BCUT2D eigenvalue weighted by atomic mass is 10.2. The predicted molar refractivity (Wildman–Crippen MR) is 46.8 cm³/mol. The van der Waals surface area contributed by atoms with Crippen molar-refractivity contribution >= 4 is 28.8 Å². The summed E-state index contributed by atoms with van der Waals surface area (Å²) in [7, 11) is 0. The van der Waals surface area contributed by atoms with E-state index in [4.69, 9.17) is 17.0 Å². The Morgan fingerprint density at radius 1 is 1.33 bits per heavy atom. The highest BCUT2D eigenvalue weighted by atomic mass is 35.5. The van der Waals surface area contributed by atoms with Crippen molar-refractivity contribution in [2.45, 2.75) is 0 Å². The van der Waals surface area contributed by atoms with E-state index in [2.05, 4.69) is 15.4 Å². The molecule has 2 N–H and O–H groups in total. The second-order valence-electron chi connectivity index (χ2n) is 2.33. The monoisotopic (exact) mass is 180 g/mol. The van der Waals surface area contributed by atoms with Gasteiger partial charge in [-0.3, -0.25) is 0 Å². The minimum Gasteiger partial charge on any atom is -0.308 e. The molecule has 0 amide bonds. The van der Waals surface area contributed by atoms with Gasteiger partial charge in [0.15, 0.2) is 0 Å². The number of hydrogen-bond donors (Lipinski definition) is 2. The van der Waals surface area contributed by atoms with Gasteiger partial charge in [0.1, 0.15) is 11.0 Å². The van der Waals surface area contributed by atoms with Crippen molar-refractivity contribution < 1.29 is 0 Å². The molecule has 0 aliphatic heterocycles. The van der Waals surface area contributed by atoms with Crippen LogP contribution in [0.25, 0.3) is 11.0 Å². The van der Waals surface area contributed by atoms with Gasteiger partial charge < -0.3 is 5.41 Å². The Kier molecular flexibility index (Phi) is 1.55. The first-order valence-corrected chi connectivity index (χ1v) is 3.69. The van der Waals surface area contributed by atoms with Gasteiger partial charge in [-0.1, -0.05) is 11.6 Å². The van der Waals surface area contributed by atoms with Crippen LogP contribution in [0.4, 0.5) is 0 Å². The highest BCUT2D eigenvalue weighted by Crippen LogP contribution is 2.19. The van der Waals surface area contributed by atoms with E-state index in [0.29, 0.717) is 16.1 Å². The normalized spacial score (nSPS) is 10.4. The Morgan fingerprint density at radius 3 is 2.67 bits per heavy atom. The molecule has 0 bridgehead atoms. The average molecular weight is 181 g/mol. The molecule has 12 heavy (non-hydrogen) atoms. The van der Waals surface area contributed by atoms with Crippen LogP contribution in [-0.2, 0) is 0 Å². The van der Waals surface area contributed by atoms with Gasteiger partial charge in [0.05, 0.1) is 5.02 Å². The van der Waals surface area contributed by atoms with Crippen LogP contribution in [-0.4, -0.2) is 21.6 Å². The Morgan fingerprint density at radius 2 is 2.00 bits per heavy atom. The third kappa shape index (κ3) is 0.967. The number of fused-ring (bicyclic) bond motifs is 1. The van der Waals surface area contributed by atoms with E-state index >= 15 is 0 Å². The minimum atomic E-state index is 0.520. The SMILES string of the molecule is N=Cc1cc2n[nH]nc2cc1Cl. The molecule has 0 saturated carbocycles. The van der Waals surface area contributed by atoms with Crippen molar-refractivity contribution in [2.75, 3.05) is 0 Å². The van der Waals surface area contributed by atoms with Gasteiger partial charge in [0.25, 0.3) is 0 Å². The van der Waals surface area contributed by atoms with Gasteiger partial charge >= 0.3 is 0 Å². The third-order valence-corrected chi connectivity index (χ3v) is 1.92. The zero-order chi connectivity index (χ0) is 8.55. The molecule has 0 saturated heterocycles. The van der Waals surface area contributed by atoms with Gasteiger partial charge in [-0.15, -0.1) is 0 Å². The summed E-state index contributed by atoms with van der Waals surface area (Å²) in [6, 6.07) is 3.40. The third-order valence-electron chi connectivity index (χ3n) is 1.59. The molecule has 0 fully saturated rings. The highest BCUT2D eigenvalue weighted by molar-refractivity contribution is 6.33. The Bertz CT molecular complexity index is 434. The van der Waals surface area contributed by atoms with Crippen LogP contribution in [0.2, 0.25) is 5.02 Å². The van der Waals surface area contributed by atoms with E-state index in [0.717, 1.165) is 5.52 Å². The quantitative estimate of drug-likeness (QED) is 0.655. The van der Waals surface area contributed by atoms with Gasteiger partial charge in [-0.2, -0.15) is 15.4 Å². The molecule has 4 nitrogen and oxygen atoms in total. The van der Waals surface area contributed by atoms with Crippen LogP contribution in [0.15, 0.2) is 12.1 Å². The first-order chi connectivity index (χ1) is 5.81. The molecule has 2 aromatic rings. The number of aromatic nitrogens is 3. The van der Waals surface area contributed by atoms with Crippen LogP contribution in [0.1, 0.15) is 5.56 Å². The number of hydrogen-bond acceptors (Lipinski definition) is 3. The lowest BCUT2D eigenvalue weighted by Gasteiger charge is -1.94. The Hall–Kier alpha value is -1.42. The summed E-state index contributed by atoms with van der Waals surface area (Å²) in [5, 5.41) is 17.8. The van der Waals surface area contributed by atoms with E-state index in [-0.39, 0.29) is 0 Å². The zero-order valence-electron chi connectivity index (χ0n) is 6.00.